The zero-order valence-electron chi connectivity index (χ0n) is 14.6. The van der Waals surface area contributed by atoms with Gasteiger partial charge in [-0.25, -0.2) is 8.42 Å². The van der Waals surface area contributed by atoms with Crippen LogP contribution in [-0.2, 0) is 21.2 Å². The molecule has 136 valence electrons. The van der Waals surface area contributed by atoms with Crippen LogP contribution in [0.5, 0.6) is 0 Å². The Balaban J connectivity index is 1.78. The molecule has 0 spiro atoms. The number of carbonyl (C=O) groups excluding carboxylic acids is 1. The molecule has 2 heterocycles. The smallest absolute Gasteiger partial charge is 0.244 e. The Labute approximate surface area is 153 Å². The fourth-order valence-electron chi connectivity index (χ4n) is 3.38. The standard InChI is InChI=1S/C19H21N3O3S/c1-19(9-12-26(24,25)14-19)21-18(23)8-7-15-13-22(11-4-10-20)17-6-3-2-5-16(15)17/h2-3,5-8,13H,4,9,11-12,14H2,1H3,(H,21,23)/b8-7+. The van der Waals surface area contributed by atoms with Gasteiger partial charge in [0, 0.05) is 35.3 Å². The van der Waals surface area contributed by atoms with E-state index in [0.29, 0.717) is 19.4 Å². The number of aromatic nitrogens is 1. The van der Waals surface area contributed by atoms with Crippen molar-refractivity contribution in [2.75, 3.05) is 11.5 Å². The molecule has 1 aliphatic rings. The highest BCUT2D eigenvalue weighted by atomic mass is 32.2. The molecule has 1 aromatic heterocycles. The van der Waals surface area contributed by atoms with E-state index in [1.807, 2.05) is 35.0 Å². The Hall–Kier alpha value is -2.59. The summed E-state index contributed by atoms with van der Waals surface area (Å²) in [7, 11) is -3.07. The minimum absolute atomic E-state index is 0.0208. The van der Waals surface area contributed by atoms with E-state index in [1.165, 1.54) is 6.08 Å². The van der Waals surface area contributed by atoms with Crippen molar-refractivity contribution in [2.24, 2.45) is 0 Å². The maximum atomic E-state index is 12.3. The number of sulfone groups is 1. The van der Waals surface area contributed by atoms with E-state index in [1.54, 1.807) is 13.0 Å². The van der Waals surface area contributed by atoms with Gasteiger partial charge in [0.2, 0.25) is 5.91 Å². The molecule has 6 nitrogen and oxygen atoms in total. The number of benzene rings is 1. The highest BCUT2D eigenvalue weighted by Crippen LogP contribution is 2.24. The predicted molar refractivity (Wildman–Crippen MR) is 101 cm³/mol. The lowest BCUT2D eigenvalue weighted by Gasteiger charge is -2.22. The van der Waals surface area contributed by atoms with Gasteiger partial charge >= 0.3 is 0 Å². The van der Waals surface area contributed by atoms with Crippen molar-refractivity contribution in [1.29, 1.82) is 5.26 Å². The number of aryl methyl sites for hydroxylation is 1. The molecule has 0 bridgehead atoms. The fourth-order valence-corrected chi connectivity index (χ4v) is 5.47. The third-order valence-corrected chi connectivity index (χ3v) is 6.53. The van der Waals surface area contributed by atoms with E-state index in [4.69, 9.17) is 5.26 Å². The zero-order chi connectivity index (χ0) is 18.8. The zero-order valence-corrected chi connectivity index (χ0v) is 15.4. The first-order chi connectivity index (χ1) is 12.3. The fraction of sp³-hybridized carbons (Fsp3) is 0.368. The summed E-state index contributed by atoms with van der Waals surface area (Å²) in [5.41, 5.74) is 1.19. The van der Waals surface area contributed by atoms with Crippen LogP contribution < -0.4 is 5.32 Å². The summed E-state index contributed by atoms with van der Waals surface area (Å²) in [5.74, 6) is -0.217. The second-order valence-electron chi connectivity index (χ2n) is 6.93. The van der Waals surface area contributed by atoms with Crippen LogP contribution in [0.1, 0.15) is 25.3 Å². The number of amides is 1. The summed E-state index contributed by atoms with van der Waals surface area (Å²) in [4.78, 5) is 12.3. The van der Waals surface area contributed by atoms with Crippen molar-refractivity contribution < 1.29 is 13.2 Å². The van der Waals surface area contributed by atoms with Gasteiger partial charge in [0.05, 0.1) is 29.5 Å². The molecule has 1 amide bonds. The Morgan fingerprint density at radius 3 is 2.88 bits per heavy atom. The third-order valence-electron chi connectivity index (χ3n) is 4.63. The highest BCUT2D eigenvalue weighted by molar-refractivity contribution is 7.91. The molecule has 3 rings (SSSR count). The number of nitrogens with zero attached hydrogens (tertiary/aromatic N) is 2. The molecule has 1 atom stereocenters. The van der Waals surface area contributed by atoms with Gasteiger partial charge in [0.1, 0.15) is 0 Å². The summed E-state index contributed by atoms with van der Waals surface area (Å²) in [6, 6.07) is 9.96. The SMILES string of the molecule is CC1(NC(=O)/C=C/c2cn(CCC#N)c3ccccc23)CCS(=O)(=O)C1. The Morgan fingerprint density at radius 2 is 2.19 bits per heavy atom. The largest absolute Gasteiger partial charge is 0.346 e. The lowest BCUT2D eigenvalue weighted by Crippen LogP contribution is -2.46. The van der Waals surface area contributed by atoms with Crippen molar-refractivity contribution in [3.8, 4) is 6.07 Å². The van der Waals surface area contributed by atoms with E-state index in [9.17, 15) is 13.2 Å². The molecule has 1 fully saturated rings. The van der Waals surface area contributed by atoms with Gasteiger partial charge in [-0.2, -0.15) is 5.26 Å². The van der Waals surface area contributed by atoms with E-state index in [-0.39, 0.29) is 17.4 Å². The number of carbonyl (C=O) groups is 1. The predicted octanol–water partition coefficient (Wildman–Crippen LogP) is 2.26. The van der Waals surface area contributed by atoms with Gasteiger partial charge in [-0.05, 0) is 25.5 Å². The Morgan fingerprint density at radius 1 is 1.42 bits per heavy atom. The van der Waals surface area contributed by atoms with Gasteiger partial charge in [-0.3, -0.25) is 4.79 Å². The second-order valence-corrected chi connectivity index (χ2v) is 9.11. The molecule has 2 aromatic rings. The maximum absolute atomic E-state index is 12.3. The molecule has 0 aliphatic carbocycles. The molecule has 1 aromatic carbocycles. The van der Waals surface area contributed by atoms with Crippen LogP contribution in [0.3, 0.4) is 0 Å². The number of hydrogen-bond acceptors (Lipinski definition) is 4. The lowest BCUT2D eigenvalue weighted by molar-refractivity contribution is -0.117. The lowest BCUT2D eigenvalue weighted by atomic mass is 10.0. The van der Waals surface area contributed by atoms with Gasteiger partial charge in [-0.1, -0.05) is 18.2 Å². The van der Waals surface area contributed by atoms with Crippen LogP contribution in [-0.4, -0.2) is 35.9 Å². The molecule has 1 saturated heterocycles. The molecule has 26 heavy (non-hydrogen) atoms. The molecule has 7 heteroatoms. The molecule has 1 N–H and O–H groups in total. The quantitative estimate of drug-likeness (QED) is 0.816. The first-order valence-electron chi connectivity index (χ1n) is 8.47. The van der Waals surface area contributed by atoms with Crippen LogP contribution in [0.4, 0.5) is 0 Å². The number of rotatable bonds is 5. The van der Waals surface area contributed by atoms with Crippen molar-refractivity contribution in [3.05, 3.63) is 42.1 Å². The van der Waals surface area contributed by atoms with Gasteiger partial charge in [0.15, 0.2) is 9.84 Å². The van der Waals surface area contributed by atoms with Crippen molar-refractivity contribution in [1.82, 2.24) is 9.88 Å². The van der Waals surface area contributed by atoms with Gasteiger partial charge in [0.25, 0.3) is 0 Å². The van der Waals surface area contributed by atoms with Crippen molar-refractivity contribution >= 4 is 32.7 Å². The maximum Gasteiger partial charge on any atom is 0.244 e. The van der Waals surface area contributed by atoms with E-state index in [0.717, 1.165) is 16.5 Å². The van der Waals surface area contributed by atoms with Crippen LogP contribution >= 0.6 is 0 Å². The molecular formula is C19H21N3O3S. The van der Waals surface area contributed by atoms with Crippen LogP contribution in [0.15, 0.2) is 36.5 Å². The van der Waals surface area contributed by atoms with Crippen molar-refractivity contribution in [2.45, 2.75) is 31.8 Å². The summed E-state index contributed by atoms with van der Waals surface area (Å²) >= 11 is 0. The summed E-state index contributed by atoms with van der Waals surface area (Å²) in [5, 5.41) is 12.6. The number of para-hydroxylation sites is 1. The average Bonchev–Trinajstić information content (AvgIpc) is 3.08. The van der Waals surface area contributed by atoms with Gasteiger partial charge < -0.3 is 9.88 Å². The number of hydrogen-bond donors (Lipinski definition) is 1. The van der Waals surface area contributed by atoms with E-state index >= 15 is 0 Å². The molecule has 1 unspecified atom stereocenters. The number of fused-ring (bicyclic) bond motifs is 1. The molecule has 0 saturated carbocycles. The minimum atomic E-state index is -3.07. The monoisotopic (exact) mass is 371 g/mol. The van der Waals surface area contributed by atoms with Crippen LogP contribution in [0.25, 0.3) is 17.0 Å². The number of nitrogens with one attached hydrogen (secondary N) is 1. The Kier molecular flexibility index (Phi) is 4.88. The average molecular weight is 371 g/mol. The van der Waals surface area contributed by atoms with Crippen molar-refractivity contribution in [3.63, 3.8) is 0 Å². The Bertz CT molecular complexity index is 1010. The number of nitriles is 1. The highest BCUT2D eigenvalue weighted by Gasteiger charge is 2.39. The summed E-state index contributed by atoms with van der Waals surface area (Å²) in [6.07, 6.45) is 5.94. The van der Waals surface area contributed by atoms with Gasteiger partial charge in [-0.15, -0.1) is 0 Å². The van der Waals surface area contributed by atoms with Crippen LogP contribution in [0.2, 0.25) is 0 Å². The topological polar surface area (TPSA) is 92.0 Å². The molecular weight excluding hydrogens is 350 g/mol. The molecule has 1 aliphatic heterocycles. The van der Waals surface area contributed by atoms with E-state index in [2.05, 4.69) is 11.4 Å². The van der Waals surface area contributed by atoms with Crippen LogP contribution in [0, 0.1) is 11.3 Å². The first kappa shape index (κ1) is 18.2. The normalized spacial score (nSPS) is 21.8. The third kappa shape index (κ3) is 3.97. The second kappa shape index (κ2) is 6.96. The minimum Gasteiger partial charge on any atom is -0.346 e. The van der Waals surface area contributed by atoms with E-state index < -0.39 is 15.4 Å². The molecule has 0 radical (unpaired) electrons. The summed E-state index contributed by atoms with van der Waals surface area (Å²) in [6.45, 7) is 2.35. The first-order valence-corrected chi connectivity index (χ1v) is 10.3. The summed E-state index contributed by atoms with van der Waals surface area (Å²) < 4.78 is 25.3.